The quantitative estimate of drug-likeness (QED) is 0.0196. The molecule has 1 aliphatic heterocycles. The van der Waals surface area contributed by atoms with E-state index in [1.54, 1.807) is 0 Å². The fraction of sp³-hybridized carbons (Fsp3) is 0.632. The molecule has 1 heterocycles. The highest BCUT2D eigenvalue weighted by Crippen LogP contribution is 2.30. The Morgan fingerprint density at radius 1 is 0.581 bits per heavy atom. The fourth-order valence-electron chi connectivity index (χ4n) is 5.59. The highest BCUT2D eigenvalue weighted by atomic mass is 19.2. The number of esters is 4. The van der Waals surface area contributed by atoms with E-state index in [9.17, 15) is 60.3 Å². The summed E-state index contributed by atoms with van der Waals surface area (Å²) in [6, 6.07) is -1.12. The van der Waals surface area contributed by atoms with Crippen LogP contribution in [-0.2, 0) is 66.8 Å². The first-order valence-corrected chi connectivity index (χ1v) is 19.4. The predicted molar refractivity (Wildman–Crippen MR) is 199 cm³/mol. The second-order valence-electron chi connectivity index (χ2n) is 13.5. The zero-order valence-corrected chi connectivity index (χ0v) is 34.5. The number of halogens is 5. The Balaban J connectivity index is 1.58. The van der Waals surface area contributed by atoms with Gasteiger partial charge in [-0.3, -0.25) is 38.4 Å². The van der Waals surface area contributed by atoms with Crippen molar-refractivity contribution >= 4 is 47.5 Å². The molecule has 5 unspecified atom stereocenters. The number of carbonyl (C=O) groups is 8. The number of carbonyl (C=O) groups excluding carboxylic acids is 8. The van der Waals surface area contributed by atoms with Crippen molar-refractivity contribution in [2.24, 2.45) is 0 Å². The van der Waals surface area contributed by atoms with E-state index < -0.39 is 108 Å². The second kappa shape index (κ2) is 27.5. The zero-order chi connectivity index (χ0) is 46.4. The molecular formula is C38H51F5N4O15. The Labute approximate surface area is 352 Å². The molecule has 19 nitrogen and oxygen atoms in total. The van der Waals surface area contributed by atoms with Crippen LogP contribution in [0.25, 0.3) is 0 Å². The van der Waals surface area contributed by atoms with Gasteiger partial charge in [-0.25, -0.2) is 13.2 Å². The van der Waals surface area contributed by atoms with Crippen molar-refractivity contribution in [3.8, 4) is 5.75 Å². The van der Waals surface area contributed by atoms with Gasteiger partial charge in [0, 0.05) is 79.6 Å². The highest BCUT2D eigenvalue weighted by molar-refractivity contribution is 5.78. The lowest BCUT2D eigenvalue weighted by molar-refractivity contribution is -0.277. The van der Waals surface area contributed by atoms with Gasteiger partial charge in [0.25, 0.3) is 0 Å². The van der Waals surface area contributed by atoms with Gasteiger partial charge in [-0.05, 0) is 25.7 Å². The van der Waals surface area contributed by atoms with Crippen LogP contribution >= 0.6 is 0 Å². The van der Waals surface area contributed by atoms with Crippen LogP contribution < -0.4 is 26.0 Å². The van der Waals surface area contributed by atoms with E-state index in [1.807, 2.05) is 0 Å². The lowest BCUT2D eigenvalue weighted by atomic mass is 9.96. The van der Waals surface area contributed by atoms with Crippen LogP contribution in [0, 0.1) is 29.1 Å². The average molecular weight is 899 g/mol. The summed E-state index contributed by atoms with van der Waals surface area (Å²) in [5.41, 5.74) is 0. The minimum Gasteiger partial charge on any atom is -0.463 e. The minimum atomic E-state index is -2.40. The SMILES string of the molecule is CC(=O)NC1C(OCCCCC(=O)NCCCNC(=O)CCOCCNC(=O)CCCC(=O)Oc2c(F)c(F)c(F)c(F)c2F)OC(COC(C)=O)C(OC(C)=O)C1OC(C)=O. The molecule has 0 aromatic heterocycles. The number of rotatable bonds is 26. The Morgan fingerprint density at radius 2 is 1.13 bits per heavy atom. The van der Waals surface area contributed by atoms with Crippen LogP contribution in [0.2, 0.25) is 0 Å². The molecule has 4 N–H and O–H groups in total. The summed E-state index contributed by atoms with van der Waals surface area (Å²) in [7, 11) is 0. The van der Waals surface area contributed by atoms with Gasteiger partial charge in [0.05, 0.1) is 13.2 Å². The van der Waals surface area contributed by atoms with Gasteiger partial charge >= 0.3 is 23.9 Å². The molecule has 0 spiro atoms. The highest BCUT2D eigenvalue weighted by Gasteiger charge is 2.51. The average Bonchev–Trinajstić information content (AvgIpc) is 3.19. The van der Waals surface area contributed by atoms with E-state index in [4.69, 9.17) is 28.4 Å². The molecule has 0 bridgehead atoms. The van der Waals surface area contributed by atoms with E-state index in [-0.39, 0.29) is 83.6 Å². The third-order valence-electron chi connectivity index (χ3n) is 8.36. The Morgan fingerprint density at radius 3 is 1.71 bits per heavy atom. The van der Waals surface area contributed by atoms with E-state index in [0.29, 0.717) is 19.3 Å². The van der Waals surface area contributed by atoms with Crippen LogP contribution in [0.15, 0.2) is 0 Å². The standard InChI is InChI=1S/C38H51F5N4O15/c1-20(48)47-34-37(60-23(4)51)35(59-22(3)50)24(19-58-21(2)49)61-38(34)57-16-6-5-9-25(52)44-13-8-14-45-27(54)12-17-56-18-15-46-26(53)10-7-11-28(55)62-36-32(42)30(40)29(39)31(41)33(36)43/h24,34-35,37-38H,5-19H2,1-4H3,(H,44,52)(H,45,54)(H,46,53)(H,47,48). The smallest absolute Gasteiger partial charge is 0.311 e. The number of hydrogen-bond donors (Lipinski definition) is 4. The predicted octanol–water partition coefficient (Wildman–Crippen LogP) is 1.45. The molecule has 4 amide bonds. The largest absolute Gasteiger partial charge is 0.463 e. The zero-order valence-electron chi connectivity index (χ0n) is 34.5. The topological polar surface area (TPSA) is 249 Å². The summed E-state index contributed by atoms with van der Waals surface area (Å²) in [5, 5.41) is 10.5. The molecule has 24 heteroatoms. The molecule has 1 aromatic carbocycles. The lowest BCUT2D eigenvalue weighted by Crippen LogP contribution is -2.66. The van der Waals surface area contributed by atoms with Crippen molar-refractivity contribution in [1.29, 1.82) is 0 Å². The van der Waals surface area contributed by atoms with Gasteiger partial charge in [-0.1, -0.05) is 0 Å². The Bertz CT molecular complexity index is 1710. The van der Waals surface area contributed by atoms with Crippen molar-refractivity contribution in [2.75, 3.05) is 46.1 Å². The first kappa shape index (κ1) is 52.6. The summed E-state index contributed by atoms with van der Waals surface area (Å²) in [6.07, 6.45) is -4.47. The summed E-state index contributed by atoms with van der Waals surface area (Å²) in [5.74, 6) is -18.4. The maximum Gasteiger partial charge on any atom is 0.311 e. The molecule has 0 radical (unpaired) electrons. The molecular weight excluding hydrogens is 847 g/mol. The third-order valence-corrected chi connectivity index (χ3v) is 8.36. The third kappa shape index (κ3) is 19.1. The molecule has 0 saturated carbocycles. The van der Waals surface area contributed by atoms with Gasteiger partial charge in [0.1, 0.15) is 18.8 Å². The summed E-state index contributed by atoms with van der Waals surface area (Å²) < 4.78 is 104. The first-order chi connectivity index (χ1) is 29.3. The second-order valence-corrected chi connectivity index (χ2v) is 13.5. The van der Waals surface area contributed by atoms with E-state index >= 15 is 0 Å². The van der Waals surface area contributed by atoms with Crippen LogP contribution in [-0.4, -0.2) is 124 Å². The van der Waals surface area contributed by atoms with Crippen LogP contribution in [0.4, 0.5) is 22.0 Å². The van der Waals surface area contributed by atoms with E-state index in [1.165, 1.54) is 6.92 Å². The maximum absolute atomic E-state index is 13.6. The number of amides is 4. The van der Waals surface area contributed by atoms with Crippen molar-refractivity contribution in [2.45, 2.75) is 110 Å². The van der Waals surface area contributed by atoms with Crippen molar-refractivity contribution in [3.63, 3.8) is 0 Å². The molecule has 0 aliphatic carbocycles. The monoisotopic (exact) mass is 898 g/mol. The molecule has 1 saturated heterocycles. The maximum atomic E-state index is 13.6. The van der Waals surface area contributed by atoms with Gasteiger partial charge in [-0.15, -0.1) is 0 Å². The van der Waals surface area contributed by atoms with Crippen LogP contribution in [0.3, 0.4) is 0 Å². The van der Waals surface area contributed by atoms with E-state index in [2.05, 4.69) is 26.0 Å². The molecule has 62 heavy (non-hydrogen) atoms. The number of nitrogens with one attached hydrogen (secondary N) is 4. The number of ether oxygens (including phenoxy) is 7. The normalized spacial score (nSPS) is 18.2. The van der Waals surface area contributed by atoms with Gasteiger partial charge in [0.2, 0.25) is 58.5 Å². The van der Waals surface area contributed by atoms with Crippen LogP contribution in [0.5, 0.6) is 5.75 Å². The van der Waals surface area contributed by atoms with E-state index in [0.717, 1.165) is 20.8 Å². The number of benzene rings is 1. The van der Waals surface area contributed by atoms with Gasteiger partial charge in [-0.2, -0.15) is 8.78 Å². The van der Waals surface area contributed by atoms with Crippen LogP contribution in [0.1, 0.15) is 79.1 Å². The molecule has 1 aliphatic rings. The minimum absolute atomic E-state index is 0.00895. The number of unbranched alkanes of at least 4 members (excludes halogenated alkanes) is 1. The summed E-state index contributed by atoms with van der Waals surface area (Å²) in [6.45, 7) is 4.94. The molecule has 5 atom stereocenters. The summed E-state index contributed by atoms with van der Waals surface area (Å²) >= 11 is 0. The lowest BCUT2D eigenvalue weighted by Gasteiger charge is -2.44. The van der Waals surface area contributed by atoms with Crippen molar-refractivity contribution < 1.29 is 93.5 Å². The Hall–Kier alpha value is -5.49. The van der Waals surface area contributed by atoms with Gasteiger partial charge in [0.15, 0.2) is 18.5 Å². The van der Waals surface area contributed by atoms with Crippen molar-refractivity contribution in [3.05, 3.63) is 29.1 Å². The fourth-order valence-corrected chi connectivity index (χ4v) is 5.59. The molecule has 1 fully saturated rings. The molecule has 2 rings (SSSR count). The molecule has 1 aromatic rings. The first-order valence-electron chi connectivity index (χ1n) is 19.4. The Kier molecular flexibility index (Phi) is 23.3. The van der Waals surface area contributed by atoms with Gasteiger partial charge < -0.3 is 54.4 Å². The molecule has 348 valence electrons. The summed E-state index contributed by atoms with van der Waals surface area (Å²) in [4.78, 5) is 95.5. The number of hydrogen-bond acceptors (Lipinski definition) is 15. The van der Waals surface area contributed by atoms with Crippen molar-refractivity contribution in [1.82, 2.24) is 21.3 Å².